The second-order valence-electron chi connectivity index (χ2n) is 6.10. The molecule has 2 aliphatic rings. The lowest BCUT2D eigenvalue weighted by atomic mass is 10.1. The van der Waals surface area contributed by atoms with E-state index >= 15 is 0 Å². The van der Waals surface area contributed by atoms with Gasteiger partial charge in [0.05, 0.1) is 6.61 Å². The van der Waals surface area contributed by atoms with Crippen LogP contribution in [0, 0.1) is 0 Å². The van der Waals surface area contributed by atoms with E-state index in [1.165, 1.54) is 0 Å². The SMILES string of the molecule is COCC(C)NC(=O)[C@@H]1CCCN1C1=NS(=O)(=O)c2ccccc21. The first kappa shape index (κ1) is 16.9. The number of nitrogens with one attached hydrogen (secondary N) is 1. The molecule has 7 nitrogen and oxygen atoms in total. The van der Waals surface area contributed by atoms with Gasteiger partial charge in [-0.15, -0.1) is 4.40 Å². The van der Waals surface area contributed by atoms with E-state index in [-0.39, 0.29) is 16.8 Å². The van der Waals surface area contributed by atoms with Crippen molar-refractivity contribution in [2.45, 2.75) is 36.7 Å². The van der Waals surface area contributed by atoms with Gasteiger partial charge in [-0.1, -0.05) is 12.1 Å². The first-order valence-corrected chi connectivity index (χ1v) is 9.38. The van der Waals surface area contributed by atoms with E-state index in [0.29, 0.717) is 31.0 Å². The van der Waals surface area contributed by atoms with Crippen molar-refractivity contribution in [2.24, 2.45) is 4.40 Å². The zero-order valence-electron chi connectivity index (χ0n) is 13.7. The molecule has 0 saturated carbocycles. The number of amidine groups is 1. The Kier molecular flexibility index (Phi) is 4.60. The molecule has 1 N–H and O–H groups in total. The number of carbonyl (C=O) groups excluding carboxylic acids is 1. The molecule has 1 aromatic rings. The molecule has 0 aliphatic carbocycles. The Morgan fingerprint density at radius 1 is 1.46 bits per heavy atom. The van der Waals surface area contributed by atoms with E-state index in [1.54, 1.807) is 36.3 Å². The molecule has 2 aliphatic heterocycles. The summed E-state index contributed by atoms with van der Waals surface area (Å²) in [6, 6.07) is 6.22. The highest BCUT2D eigenvalue weighted by atomic mass is 32.2. The van der Waals surface area contributed by atoms with Gasteiger partial charge in [-0.25, -0.2) is 0 Å². The molecule has 24 heavy (non-hydrogen) atoms. The van der Waals surface area contributed by atoms with E-state index in [2.05, 4.69) is 9.71 Å². The fourth-order valence-electron chi connectivity index (χ4n) is 3.22. The zero-order chi connectivity index (χ0) is 17.3. The number of carbonyl (C=O) groups is 1. The van der Waals surface area contributed by atoms with Crippen LogP contribution in [0.5, 0.6) is 0 Å². The Morgan fingerprint density at radius 2 is 2.21 bits per heavy atom. The lowest BCUT2D eigenvalue weighted by Gasteiger charge is -2.26. The van der Waals surface area contributed by atoms with Crippen LogP contribution in [0.3, 0.4) is 0 Å². The van der Waals surface area contributed by atoms with Gasteiger partial charge in [0, 0.05) is 25.3 Å². The number of amides is 1. The number of hydrogen-bond donors (Lipinski definition) is 1. The lowest BCUT2D eigenvalue weighted by Crippen LogP contribution is -2.49. The van der Waals surface area contributed by atoms with Gasteiger partial charge >= 0.3 is 0 Å². The number of fused-ring (bicyclic) bond motifs is 1. The Morgan fingerprint density at radius 3 is 2.96 bits per heavy atom. The number of rotatable bonds is 4. The fourth-order valence-corrected chi connectivity index (χ4v) is 4.44. The largest absolute Gasteiger partial charge is 0.383 e. The molecule has 0 spiro atoms. The van der Waals surface area contributed by atoms with Crippen LogP contribution in [-0.2, 0) is 19.6 Å². The van der Waals surface area contributed by atoms with E-state index in [9.17, 15) is 13.2 Å². The minimum absolute atomic E-state index is 0.105. The lowest BCUT2D eigenvalue weighted by molar-refractivity contribution is -0.125. The second-order valence-corrected chi connectivity index (χ2v) is 7.68. The number of sulfonamides is 1. The van der Waals surface area contributed by atoms with Crippen molar-refractivity contribution < 1.29 is 17.9 Å². The van der Waals surface area contributed by atoms with Crippen LogP contribution < -0.4 is 5.32 Å². The molecule has 0 aromatic heterocycles. The summed E-state index contributed by atoms with van der Waals surface area (Å²) in [7, 11) is -2.10. The number of nitrogens with zero attached hydrogens (tertiary/aromatic N) is 2. The smallest absolute Gasteiger partial charge is 0.285 e. The summed E-state index contributed by atoms with van der Waals surface area (Å²) in [5.74, 6) is 0.254. The predicted molar refractivity (Wildman–Crippen MR) is 89.4 cm³/mol. The summed E-state index contributed by atoms with van der Waals surface area (Å²) in [6.45, 7) is 2.91. The Hall–Kier alpha value is -1.93. The van der Waals surface area contributed by atoms with E-state index in [0.717, 1.165) is 6.42 Å². The van der Waals surface area contributed by atoms with Crippen LogP contribution in [0.25, 0.3) is 0 Å². The maximum atomic E-state index is 12.6. The molecule has 1 saturated heterocycles. The molecule has 8 heteroatoms. The average molecular weight is 351 g/mol. The van der Waals surface area contributed by atoms with Crippen LogP contribution >= 0.6 is 0 Å². The second kappa shape index (κ2) is 6.52. The van der Waals surface area contributed by atoms with E-state index in [1.807, 2.05) is 6.92 Å². The summed E-state index contributed by atoms with van der Waals surface area (Å²) in [4.78, 5) is 14.6. The van der Waals surface area contributed by atoms with Gasteiger partial charge in [0.15, 0.2) is 5.84 Å². The summed E-state index contributed by atoms with van der Waals surface area (Å²) >= 11 is 0. The average Bonchev–Trinajstić information content (AvgIpc) is 3.11. The number of benzene rings is 1. The van der Waals surface area contributed by atoms with Crippen molar-refractivity contribution in [3.8, 4) is 0 Å². The first-order chi connectivity index (χ1) is 11.4. The van der Waals surface area contributed by atoms with E-state index < -0.39 is 16.1 Å². The maximum Gasteiger partial charge on any atom is 0.285 e. The first-order valence-electron chi connectivity index (χ1n) is 7.94. The van der Waals surface area contributed by atoms with Gasteiger partial charge in [-0.2, -0.15) is 8.42 Å². The molecule has 0 bridgehead atoms. The number of likely N-dealkylation sites (tertiary alicyclic amines) is 1. The highest BCUT2D eigenvalue weighted by Gasteiger charge is 2.39. The third-order valence-electron chi connectivity index (χ3n) is 4.25. The van der Waals surface area contributed by atoms with Crippen LogP contribution in [-0.4, -0.2) is 57.4 Å². The third kappa shape index (κ3) is 3.03. The highest BCUT2D eigenvalue weighted by molar-refractivity contribution is 7.90. The normalized spacial score (nSPS) is 22.8. The quantitative estimate of drug-likeness (QED) is 0.865. The van der Waals surface area contributed by atoms with Crippen molar-refractivity contribution in [3.63, 3.8) is 0 Å². The van der Waals surface area contributed by atoms with Crippen molar-refractivity contribution in [3.05, 3.63) is 29.8 Å². The van der Waals surface area contributed by atoms with Gasteiger partial charge < -0.3 is 15.0 Å². The van der Waals surface area contributed by atoms with Crippen LogP contribution in [0.4, 0.5) is 0 Å². The van der Waals surface area contributed by atoms with E-state index in [4.69, 9.17) is 4.74 Å². The van der Waals surface area contributed by atoms with Crippen LogP contribution in [0.15, 0.2) is 33.6 Å². The highest BCUT2D eigenvalue weighted by Crippen LogP contribution is 2.31. The topological polar surface area (TPSA) is 88.1 Å². The molecular weight excluding hydrogens is 330 g/mol. The number of ether oxygens (including phenoxy) is 1. The molecule has 1 fully saturated rings. The Bertz CT molecular complexity index is 775. The predicted octanol–water partition coefficient (Wildman–Crippen LogP) is 0.751. The van der Waals surface area contributed by atoms with Crippen LogP contribution in [0.2, 0.25) is 0 Å². The molecular formula is C16H21N3O4S. The van der Waals surface area contributed by atoms with Gasteiger partial charge in [-0.05, 0) is 31.9 Å². The molecule has 1 unspecified atom stereocenters. The molecule has 0 radical (unpaired) electrons. The van der Waals surface area contributed by atoms with Crippen molar-refractivity contribution in [1.29, 1.82) is 0 Å². The molecule has 2 atom stereocenters. The molecule has 2 heterocycles. The van der Waals surface area contributed by atoms with Crippen molar-refractivity contribution in [1.82, 2.24) is 10.2 Å². The molecule has 130 valence electrons. The minimum atomic E-state index is -3.68. The standard InChI is InChI=1S/C16H21N3O4S/c1-11(10-23-2)17-16(20)13-7-5-9-19(13)15-12-6-3-4-8-14(12)24(21,22)18-15/h3-4,6,8,11,13H,5,7,9-10H2,1-2H3,(H,17,20)/t11?,13-/m0/s1. The zero-order valence-corrected chi connectivity index (χ0v) is 14.5. The fraction of sp³-hybridized carbons (Fsp3) is 0.500. The summed E-state index contributed by atoms with van der Waals surface area (Å²) in [5, 5.41) is 2.91. The minimum Gasteiger partial charge on any atom is -0.383 e. The van der Waals surface area contributed by atoms with Crippen LogP contribution in [0.1, 0.15) is 25.3 Å². The summed E-state index contributed by atoms with van der Waals surface area (Å²) in [6.07, 6.45) is 1.49. The maximum absolute atomic E-state index is 12.6. The molecule has 1 aromatic carbocycles. The number of hydrogen-bond acceptors (Lipinski definition) is 5. The van der Waals surface area contributed by atoms with Crippen molar-refractivity contribution >= 4 is 21.8 Å². The van der Waals surface area contributed by atoms with Gasteiger partial charge in [0.25, 0.3) is 10.0 Å². The third-order valence-corrected chi connectivity index (χ3v) is 5.57. The summed E-state index contributed by atoms with van der Waals surface area (Å²) < 4.78 is 33.4. The monoisotopic (exact) mass is 351 g/mol. The summed E-state index contributed by atoms with van der Waals surface area (Å²) in [5.41, 5.74) is 0.571. The molecule has 3 rings (SSSR count). The molecule has 1 amide bonds. The van der Waals surface area contributed by atoms with Gasteiger partial charge in [-0.3, -0.25) is 4.79 Å². The van der Waals surface area contributed by atoms with Gasteiger partial charge in [0.1, 0.15) is 10.9 Å². The van der Waals surface area contributed by atoms with Crippen molar-refractivity contribution in [2.75, 3.05) is 20.3 Å². The number of methoxy groups -OCH3 is 1. The van der Waals surface area contributed by atoms with Gasteiger partial charge in [0.2, 0.25) is 5.91 Å². The Balaban J connectivity index is 1.86. The Labute approximate surface area is 141 Å².